The molecular formula is C26H25N3O6S. The highest BCUT2D eigenvalue weighted by Gasteiger charge is 2.37. The molecule has 9 nitrogen and oxygen atoms in total. The number of rotatable bonds is 5. The summed E-state index contributed by atoms with van der Waals surface area (Å²) in [5, 5.41) is 9.24. The van der Waals surface area contributed by atoms with Gasteiger partial charge in [0.25, 0.3) is 21.5 Å². The van der Waals surface area contributed by atoms with Gasteiger partial charge in [-0.25, -0.2) is 13.2 Å². The summed E-state index contributed by atoms with van der Waals surface area (Å²) in [4.78, 5) is 39.5. The number of nitrogens with zero attached hydrogens (tertiary/aromatic N) is 2. The van der Waals surface area contributed by atoms with E-state index < -0.39 is 21.6 Å². The summed E-state index contributed by atoms with van der Waals surface area (Å²) in [6.07, 6.45) is 0.812. The molecule has 0 spiro atoms. The number of carboxylic acids is 1. The first kappa shape index (κ1) is 23.8. The van der Waals surface area contributed by atoms with E-state index in [1.54, 1.807) is 39.8 Å². The molecule has 1 amide bonds. The number of sulfonamides is 1. The lowest BCUT2D eigenvalue weighted by Crippen LogP contribution is -2.49. The van der Waals surface area contributed by atoms with Crippen LogP contribution in [0.5, 0.6) is 0 Å². The molecule has 5 rings (SSSR count). The molecular weight excluding hydrogens is 482 g/mol. The van der Waals surface area contributed by atoms with Crippen LogP contribution in [0.15, 0.2) is 70.4 Å². The van der Waals surface area contributed by atoms with E-state index in [1.165, 1.54) is 30.3 Å². The fraction of sp³-hybridized carbons (Fsp3) is 0.269. The molecule has 3 heterocycles. The number of fused-ring (bicyclic) bond motifs is 4. The van der Waals surface area contributed by atoms with Crippen molar-refractivity contribution in [3.05, 3.63) is 93.4 Å². The Labute approximate surface area is 208 Å². The Kier molecular flexibility index (Phi) is 5.91. The maximum atomic E-state index is 13.2. The van der Waals surface area contributed by atoms with E-state index in [4.69, 9.17) is 0 Å². The molecule has 186 valence electrons. The molecule has 2 atom stereocenters. The lowest BCUT2D eigenvalue weighted by Gasteiger charge is -2.43. The Bertz CT molecular complexity index is 1530. The number of nitrogens with one attached hydrogen (secondary N) is 1. The predicted molar refractivity (Wildman–Crippen MR) is 133 cm³/mol. The van der Waals surface area contributed by atoms with Crippen molar-refractivity contribution in [3.8, 4) is 0 Å². The highest BCUT2D eigenvalue weighted by Crippen LogP contribution is 2.36. The van der Waals surface area contributed by atoms with E-state index >= 15 is 0 Å². The van der Waals surface area contributed by atoms with Crippen LogP contribution in [0.1, 0.15) is 44.3 Å². The van der Waals surface area contributed by atoms with Crippen LogP contribution in [0.4, 0.5) is 5.69 Å². The number of aromatic nitrogens is 1. The SMILES string of the molecule is Cc1ccc(S(=O)(=O)Nc2ccc3n(c2=O)CC2CC3CN(C(=O)c3cccc(C(=O)O)c3)C2)cc1. The number of hydrogen-bond donors (Lipinski definition) is 2. The number of anilines is 1. The zero-order valence-electron chi connectivity index (χ0n) is 19.5. The molecule has 3 aromatic rings. The van der Waals surface area contributed by atoms with Gasteiger partial charge < -0.3 is 14.6 Å². The molecule has 1 saturated heterocycles. The Balaban J connectivity index is 1.39. The van der Waals surface area contributed by atoms with Gasteiger partial charge in [-0.05, 0) is 61.7 Å². The van der Waals surface area contributed by atoms with Crippen LogP contribution in [0.25, 0.3) is 0 Å². The third-order valence-corrected chi connectivity index (χ3v) is 8.20. The second kappa shape index (κ2) is 8.94. The number of carbonyl (C=O) groups is 2. The van der Waals surface area contributed by atoms with Gasteiger partial charge in [0, 0.05) is 36.8 Å². The molecule has 10 heteroatoms. The van der Waals surface area contributed by atoms with Crippen molar-refractivity contribution in [3.63, 3.8) is 0 Å². The van der Waals surface area contributed by atoms with E-state index in [0.717, 1.165) is 17.7 Å². The number of pyridine rings is 1. The topological polar surface area (TPSA) is 126 Å². The number of benzene rings is 2. The number of piperidine rings is 1. The lowest BCUT2D eigenvalue weighted by atomic mass is 9.83. The van der Waals surface area contributed by atoms with E-state index in [0.29, 0.717) is 25.2 Å². The Morgan fingerprint density at radius 2 is 1.69 bits per heavy atom. The van der Waals surface area contributed by atoms with Crippen LogP contribution < -0.4 is 10.3 Å². The average molecular weight is 508 g/mol. The van der Waals surface area contributed by atoms with Crippen LogP contribution in [-0.4, -0.2) is 48.0 Å². The predicted octanol–water partition coefficient (Wildman–Crippen LogP) is 2.92. The van der Waals surface area contributed by atoms with Crippen molar-refractivity contribution in [1.82, 2.24) is 9.47 Å². The standard InChI is InChI=1S/C26H25N3O6S/c1-16-5-7-21(8-6-16)36(34,35)27-22-9-10-23-20-11-17(14-29(23)25(22)31)13-28(15-20)24(30)18-3-2-4-19(12-18)26(32)33/h2-10,12,17,20,27H,11,13-15H2,1H3,(H,32,33). The molecule has 1 aromatic heterocycles. The monoisotopic (exact) mass is 507 g/mol. The van der Waals surface area contributed by atoms with Crippen molar-refractivity contribution in [1.29, 1.82) is 0 Å². The summed E-state index contributed by atoms with van der Waals surface area (Å²) < 4.78 is 29.7. The minimum absolute atomic E-state index is 0.0160. The molecule has 2 aliphatic rings. The molecule has 1 fully saturated rings. The van der Waals surface area contributed by atoms with Crippen molar-refractivity contribution in [2.75, 3.05) is 17.8 Å². The summed E-state index contributed by atoms with van der Waals surface area (Å²) in [6.45, 7) is 3.04. The number of carbonyl (C=O) groups excluding carboxylic acids is 1. The molecule has 2 N–H and O–H groups in total. The van der Waals surface area contributed by atoms with Crippen LogP contribution in [0, 0.1) is 12.8 Å². The number of likely N-dealkylation sites (tertiary alicyclic amines) is 1. The molecule has 2 unspecified atom stereocenters. The molecule has 2 aliphatic heterocycles. The Morgan fingerprint density at radius 1 is 0.972 bits per heavy atom. The minimum Gasteiger partial charge on any atom is -0.478 e. The van der Waals surface area contributed by atoms with E-state index in [-0.39, 0.29) is 33.9 Å². The first-order valence-electron chi connectivity index (χ1n) is 11.6. The second-order valence-corrected chi connectivity index (χ2v) is 11.1. The molecule has 36 heavy (non-hydrogen) atoms. The summed E-state index contributed by atoms with van der Waals surface area (Å²) in [6, 6.07) is 15.6. The highest BCUT2D eigenvalue weighted by atomic mass is 32.2. The van der Waals surface area contributed by atoms with E-state index in [1.807, 2.05) is 6.92 Å². The van der Waals surface area contributed by atoms with Gasteiger partial charge >= 0.3 is 5.97 Å². The summed E-state index contributed by atoms with van der Waals surface area (Å²) >= 11 is 0. The molecule has 2 aromatic carbocycles. The quantitative estimate of drug-likeness (QED) is 0.547. The largest absolute Gasteiger partial charge is 0.478 e. The minimum atomic E-state index is -3.92. The van der Waals surface area contributed by atoms with E-state index in [9.17, 15) is 27.9 Å². The first-order valence-corrected chi connectivity index (χ1v) is 13.1. The Hall–Kier alpha value is -3.92. The van der Waals surface area contributed by atoms with Crippen LogP contribution >= 0.6 is 0 Å². The summed E-state index contributed by atoms with van der Waals surface area (Å²) in [5.74, 6) is -1.41. The maximum Gasteiger partial charge on any atom is 0.335 e. The van der Waals surface area contributed by atoms with Gasteiger partial charge in [-0.2, -0.15) is 0 Å². The van der Waals surface area contributed by atoms with E-state index in [2.05, 4.69) is 4.72 Å². The molecule has 0 radical (unpaired) electrons. The summed E-state index contributed by atoms with van der Waals surface area (Å²) in [7, 11) is -3.92. The zero-order chi connectivity index (χ0) is 25.6. The number of hydrogen-bond acceptors (Lipinski definition) is 5. The van der Waals surface area contributed by atoms with Crippen molar-refractivity contribution in [2.45, 2.75) is 30.7 Å². The average Bonchev–Trinajstić information content (AvgIpc) is 2.85. The third kappa shape index (κ3) is 4.39. The Morgan fingerprint density at radius 3 is 2.42 bits per heavy atom. The van der Waals surface area contributed by atoms with Crippen LogP contribution in [0.2, 0.25) is 0 Å². The van der Waals surface area contributed by atoms with Gasteiger partial charge in [-0.1, -0.05) is 23.8 Å². The van der Waals surface area contributed by atoms with Gasteiger partial charge in [0.2, 0.25) is 0 Å². The lowest BCUT2D eigenvalue weighted by molar-refractivity contribution is 0.0594. The zero-order valence-corrected chi connectivity index (χ0v) is 20.4. The third-order valence-electron chi connectivity index (χ3n) is 6.82. The first-order chi connectivity index (χ1) is 17.1. The molecule has 0 aliphatic carbocycles. The fourth-order valence-corrected chi connectivity index (χ4v) is 6.14. The maximum absolute atomic E-state index is 13.2. The van der Waals surface area contributed by atoms with Crippen molar-refractivity contribution in [2.24, 2.45) is 5.92 Å². The van der Waals surface area contributed by atoms with Gasteiger partial charge in [-0.3, -0.25) is 14.3 Å². The number of amides is 1. The van der Waals surface area contributed by atoms with Gasteiger partial charge in [0.05, 0.1) is 10.5 Å². The van der Waals surface area contributed by atoms with Gasteiger partial charge in [0.15, 0.2) is 0 Å². The molecule has 2 bridgehead atoms. The fourth-order valence-electron chi connectivity index (χ4n) is 5.08. The van der Waals surface area contributed by atoms with Gasteiger partial charge in [0.1, 0.15) is 5.69 Å². The van der Waals surface area contributed by atoms with Crippen molar-refractivity contribution < 1.29 is 23.1 Å². The van der Waals surface area contributed by atoms with Gasteiger partial charge in [-0.15, -0.1) is 0 Å². The number of aromatic carboxylic acids is 1. The normalized spacial score (nSPS) is 18.9. The van der Waals surface area contributed by atoms with Crippen LogP contribution in [-0.2, 0) is 16.6 Å². The number of aryl methyl sites for hydroxylation is 1. The highest BCUT2D eigenvalue weighted by molar-refractivity contribution is 7.92. The summed E-state index contributed by atoms with van der Waals surface area (Å²) in [5.41, 5.74) is 1.62. The van der Waals surface area contributed by atoms with Crippen LogP contribution in [0.3, 0.4) is 0 Å². The number of carboxylic acid groups (broad SMARTS) is 1. The second-order valence-electron chi connectivity index (χ2n) is 9.40. The smallest absolute Gasteiger partial charge is 0.335 e. The molecule has 0 saturated carbocycles. The van der Waals surface area contributed by atoms with Crippen molar-refractivity contribution >= 4 is 27.6 Å².